The van der Waals surface area contributed by atoms with Gasteiger partial charge in [0.25, 0.3) is 0 Å². The molecule has 82 valence electrons. The number of aromatic nitrogens is 2. The van der Waals surface area contributed by atoms with Crippen LogP contribution < -0.4 is 15.0 Å². The molecule has 2 heterocycles. The lowest BCUT2D eigenvalue weighted by atomic mass is 10.3. The van der Waals surface area contributed by atoms with Crippen molar-refractivity contribution >= 4 is 5.82 Å². The third kappa shape index (κ3) is 2.56. The Bertz CT molecular complexity index is 312. The molecule has 1 fully saturated rings. The second-order valence-corrected chi connectivity index (χ2v) is 3.37. The summed E-state index contributed by atoms with van der Waals surface area (Å²) in [5.41, 5.74) is 0. The van der Waals surface area contributed by atoms with Gasteiger partial charge in [0, 0.05) is 32.4 Å². The van der Waals surface area contributed by atoms with Crippen LogP contribution in [0.1, 0.15) is 6.92 Å². The predicted octanol–water partition coefficient (Wildman–Crippen LogP) is 0.285. The van der Waals surface area contributed by atoms with Gasteiger partial charge in [-0.15, -0.1) is 0 Å². The molecule has 2 rings (SSSR count). The highest BCUT2D eigenvalue weighted by molar-refractivity contribution is 5.38. The Balaban J connectivity index is 2.09. The number of nitrogens with one attached hydrogen (secondary N) is 1. The number of anilines is 1. The van der Waals surface area contributed by atoms with Gasteiger partial charge in [0.1, 0.15) is 5.82 Å². The van der Waals surface area contributed by atoms with Crippen LogP contribution in [0.4, 0.5) is 5.82 Å². The van der Waals surface area contributed by atoms with E-state index in [0.29, 0.717) is 12.6 Å². The highest BCUT2D eigenvalue weighted by Gasteiger charge is 2.12. The minimum Gasteiger partial charge on any atom is -0.464 e. The van der Waals surface area contributed by atoms with Gasteiger partial charge in [-0.2, -0.15) is 4.98 Å². The van der Waals surface area contributed by atoms with Crippen molar-refractivity contribution in [3.8, 4) is 6.01 Å². The molecule has 1 aliphatic rings. The third-order valence-electron chi connectivity index (χ3n) is 2.33. The molecule has 1 aromatic heterocycles. The highest BCUT2D eigenvalue weighted by atomic mass is 16.5. The SMILES string of the molecule is CCOc1nccc(N2CCNCC2)n1. The maximum absolute atomic E-state index is 5.27. The fourth-order valence-electron chi connectivity index (χ4n) is 1.60. The van der Waals surface area contributed by atoms with Crippen molar-refractivity contribution in [1.82, 2.24) is 15.3 Å². The maximum Gasteiger partial charge on any atom is 0.318 e. The summed E-state index contributed by atoms with van der Waals surface area (Å²) >= 11 is 0. The molecule has 0 bridgehead atoms. The van der Waals surface area contributed by atoms with E-state index in [0.717, 1.165) is 32.0 Å². The van der Waals surface area contributed by atoms with Crippen LogP contribution in [-0.4, -0.2) is 42.8 Å². The zero-order valence-electron chi connectivity index (χ0n) is 8.94. The molecule has 0 radical (unpaired) electrons. The molecule has 0 spiro atoms. The van der Waals surface area contributed by atoms with E-state index in [9.17, 15) is 0 Å². The second-order valence-electron chi connectivity index (χ2n) is 3.37. The molecule has 1 aromatic rings. The molecule has 15 heavy (non-hydrogen) atoms. The van der Waals surface area contributed by atoms with Crippen LogP contribution in [-0.2, 0) is 0 Å². The lowest BCUT2D eigenvalue weighted by Crippen LogP contribution is -2.43. The van der Waals surface area contributed by atoms with E-state index >= 15 is 0 Å². The van der Waals surface area contributed by atoms with Crippen molar-refractivity contribution in [3.63, 3.8) is 0 Å². The van der Waals surface area contributed by atoms with Crippen LogP contribution in [0.15, 0.2) is 12.3 Å². The molecule has 0 saturated carbocycles. The summed E-state index contributed by atoms with van der Waals surface area (Å²) in [7, 11) is 0. The Labute approximate surface area is 89.5 Å². The van der Waals surface area contributed by atoms with Crippen molar-refractivity contribution in [2.75, 3.05) is 37.7 Å². The Morgan fingerprint density at radius 2 is 2.27 bits per heavy atom. The number of ether oxygens (including phenoxy) is 1. The summed E-state index contributed by atoms with van der Waals surface area (Å²) in [5, 5.41) is 3.31. The Kier molecular flexibility index (Phi) is 3.34. The predicted molar refractivity (Wildman–Crippen MR) is 58.3 cm³/mol. The first-order valence-corrected chi connectivity index (χ1v) is 5.31. The van der Waals surface area contributed by atoms with Gasteiger partial charge < -0.3 is 15.0 Å². The van der Waals surface area contributed by atoms with Gasteiger partial charge in [-0.05, 0) is 13.0 Å². The third-order valence-corrected chi connectivity index (χ3v) is 2.33. The molecule has 5 heteroatoms. The highest BCUT2D eigenvalue weighted by Crippen LogP contribution is 2.13. The molecule has 0 unspecified atom stereocenters. The van der Waals surface area contributed by atoms with Gasteiger partial charge in [0.2, 0.25) is 0 Å². The summed E-state index contributed by atoms with van der Waals surface area (Å²) in [6, 6.07) is 2.39. The van der Waals surface area contributed by atoms with E-state index in [1.54, 1.807) is 6.20 Å². The number of piperazine rings is 1. The molecule has 1 saturated heterocycles. The van der Waals surface area contributed by atoms with Crippen LogP contribution in [0.5, 0.6) is 6.01 Å². The summed E-state index contributed by atoms with van der Waals surface area (Å²) < 4.78 is 5.27. The fraction of sp³-hybridized carbons (Fsp3) is 0.600. The van der Waals surface area contributed by atoms with Gasteiger partial charge >= 0.3 is 6.01 Å². The summed E-state index contributed by atoms with van der Waals surface area (Å²) in [5.74, 6) is 0.954. The minimum atomic E-state index is 0.466. The molecule has 0 aliphatic carbocycles. The smallest absolute Gasteiger partial charge is 0.318 e. The molecular weight excluding hydrogens is 192 g/mol. The van der Waals surface area contributed by atoms with E-state index in [1.165, 1.54) is 0 Å². The molecule has 1 N–H and O–H groups in total. The van der Waals surface area contributed by atoms with Gasteiger partial charge in [0.15, 0.2) is 0 Å². The maximum atomic E-state index is 5.27. The van der Waals surface area contributed by atoms with E-state index in [1.807, 2.05) is 13.0 Å². The average Bonchev–Trinajstić information content (AvgIpc) is 2.31. The van der Waals surface area contributed by atoms with Gasteiger partial charge in [-0.1, -0.05) is 0 Å². The number of hydrogen-bond donors (Lipinski definition) is 1. The van der Waals surface area contributed by atoms with Crippen LogP contribution in [0, 0.1) is 0 Å². The fourth-order valence-corrected chi connectivity index (χ4v) is 1.60. The van der Waals surface area contributed by atoms with E-state index in [4.69, 9.17) is 4.74 Å². The van der Waals surface area contributed by atoms with Crippen LogP contribution in [0.3, 0.4) is 0 Å². The Morgan fingerprint density at radius 3 is 3.00 bits per heavy atom. The number of rotatable bonds is 3. The standard InChI is InChI=1S/C10H16N4O/c1-2-15-10-12-4-3-9(13-10)14-7-5-11-6-8-14/h3-4,11H,2,5-8H2,1H3. The van der Waals surface area contributed by atoms with Crippen molar-refractivity contribution in [2.24, 2.45) is 0 Å². The Morgan fingerprint density at radius 1 is 1.47 bits per heavy atom. The lowest BCUT2D eigenvalue weighted by molar-refractivity contribution is 0.312. The molecule has 0 amide bonds. The molecule has 0 atom stereocenters. The average molecular weight is 208 g/mol. The van der Waals surface area contributed by atoms with Crippen LogP contribution >= 0.6 is 0 Å². The minimum absolute atomic E-state index is 0.466. The quantitative estimate of drug-likeness (QED) is 0.773. The van der Waals surface area contributed by atoms with Crippen LogP contribution in [0.25, 0.3) is 0 Å². The normalized spacial score (nSPS) is 16.5. The van der Waals surface area contributed by atoms with E-state index in [2.05, 4.69) is 20.2 Å². The topological polar surface area (TPSA) is 50.3 Å². The summed E-state index contributed by atoms with van der Waals surface area (Å²) in [6.07, 6.45) is 1.75. The van der Waals surface area contributed by atoms with Crippen LogP contribution in [0.2, 0.25) is 0 Å². The first-order chi connectivity index (χ1) is 7.40. The summed E-state index contributed by atoms with van der Waals surface area (Å²) in [6.45, 7) is 6.53. The first-order valence-electron chi connectivity index (χ1n) is 5.31. The van der Waals surface area contributed by atoms with Crippen molar-refractivity contribution in [2.45, 2.75) is 6.92 Å². The molecular formula is C10H16N4O. The first kappa shape index (κ1) is 10.2. The second kappa shape index (κ2) is 4.93. The van der Waals surface area contributed by atoms with Gasteiger partial charge in [-0.25, -0.2) is 4.98 Å². The summed E-state index contributed by atoms with van der Waals surface area (Å²) in [4.78, 5) is 10.6. The van der Waals surface area contributed by atoms with Gasteiger partial charge in [0.05, 0.1) is 6.61 Å². The zero-order valence-corrected chi connectivity index (χ0v) is 8.94. The van der Waals surface area contributed by atoms with Crippen molar-refractivity contribution in [3.05, 3.63) is 12.3 Å². The zero-order chi connectivity index (χ0) is 10.5. The number of hydrogen-bond acceptors (Lipinski definition) is 5. The molecule has 1 aliphatic heterocycles. The van der Waals surface area contributed by atoms with Gasteiger partial charge in [-0.3, -0.25) is 0 Å². The molecule has 5 nitrogen and oxygen atoms in total. The molecule has 0 aromatic carbocycles. The Hall–Kier alpha value is -1.36. The van der Waals surface area contributed by atoms with Crippen molar-refractivity contribution in [1.29, 1.82) is 0 Å². The number of nitrogens with zero attached hydrogens (tertiary/aromatic N) is 3. The van der Waals surface area contributed by atoms with E-state index < -0.39 is 0 Å². The van der Waals surface area contributed by atoms with Crippen molar-refractivity contribution < 1.29 is 4.74 Å². The largest absolute Gasteiger partial charge is 0.464 e. The lowest BCUT2D eigenvalue weighted by Gasteiger charge is -2.28. The monoisotopic (exact) mass is 208 g/mol. The van der Waals surface area contributed by atoms with E-state index in [-0.39, 0.29) is 0 Å².